The van der Waals surface area contributed by atoms with Crippen molar-refractivity contribution in [3.8, 4) is 0 Å². The van der Waals surface area contributed by atoms with Crippen molar-refractivity contribution in [2.45, 2.75) is 70.8 Å². The van der Waals surface area contributed by atoms with Gasteiger partial charge in [-0.25, -0.2) is 0 Å². The lowest BCUT2D eigenvalue weighted by Crippen LogP contribution is -2.63. The lowest BCUT2D eigenvalue weighted by Gasteiger charge is -2.50. The van der Waals surface area contributed by atoms with Crippen molar-refractivity contribution in [1.29, 1.82) is 0 Å². The zero-order valence-electron chi connectivity index (χ0n) is 21.3. The third kappa shape index (κ3) is 5.03. The third-order valence-electron chi connectivity index (χ3n) is 8.77. The van der Waals surface area contributed by atoms with Gasteiger partial charge in [-0.3, -0.25) is 9.59 Å². The summed E-state index contributed by atoms with van der Waals surface area (Å²) in [6, 6.07) is 19.1. The Labute approximate surface area is 210 Å². The van der Waals surface area contributed by atoms with E-state index in [1.165, 1.54) is 16.7 Å². The molecule has 1 aliphatic heterocycles. The number of nitrogens with zero attached hydrogens (tertiary/aromatic N) is 1. The van der Waals surface area contributed by atoms with Crippen molar-refractivity contribution in [3.63, 3.8) is 0 Å². The van der Waals surface area contributed by atoms with Crippen LogP contribution in [0.15, 0.2) is 54.6 Å². The van der Waals surface area contributed by atoms with Gasteiger partial charge in [-0.1, -0.05) is 68.4 Å². The fourth-order valence-corrected chi connectivity index (χ4v) is 7.11. The van der Waals surface area contributed by atoms with Crippen LogP contribution in [0.3, 0.4) is 0 Å². The van der Waals surface area contributed by atoms with Crippen LogP contribution >= 0.6 is 0 Å². The Hall–Kier alpha value is -2.62. The third-order valence-corrected chi connectivity index (χ3v) is 8.77. The van der Waals surface area contributed by atoms with Gasteiger partial charge in [-0.05, 0) is 85.3 Å². The molecule has 4 atom stereocenters. The molecule has 35 heavy (non-hydrogen) atoms. The van der Waals surface area contributed by atoms with Gasteiger partial charge in [0.05, 0.1) is 0 Å². The number of carbonyl (C=O) groups is 2. The lowest BCUT2D eigenvalue weighted by atomic mass is 9.62. The second kappa shape index (κ2) is 10.2. The molecule has 2 aromatic carbocycles. The first kappa shape index (κ1) is 24.1. The molecule has 4 heteroatoms. The van der Waals surface area contributed by atoms with Crippen LogP contribution in [0, 0.1) is 23.7 Å². The molecule has 186 valence electrons. The van der Waals surface area contributed by atoms with Gasteiger partial charge in [0.15, 0.2) is 0 Å². The van der Waals surface area contributed by atoms with Gasteiger partial charge >= 0.3 is 0 Å². The average molecular weight is 473 g/mol. The van der Waals surface area contributed by atoms with Crippen molar-refractivity contribution >= 4 is 11.8 Å². The first-order chi connectivity index (χ1) is 16.9. The molecule has 4 nitrogen and oxygen atoms in total. The van der Waals surface area contributed by atoms with Gasteiger partial charge in [0.25, 0.3) is 0 Å². The number of amides is 2. The molecular formula is C31H40N2O2. The molecule has 0 unspecified atom stereocenters. The number of carbonyl (C=O) groups excluding carboxylic acids is 2. The predicted octanol–water partition coefficient (Wildman–Crippen LogP) is 5.19. The number of benzene rings is 2. The molecule has 0 aromatic heterocycles. The molecular weight excluding hydrogens is 432 g/mol. The summed E-state index contributed by atoms with van der Waals surface area (Å²) in [5, 5.41) is 3.28. The van der Waals surface area contributed by atoms with Crippen LogP contribution in [0.5, 0.6) is 0 Å². The van der Waals surface area contributed by atoms with Crippen molar-refractivity contribution < 1.29 is 9.59 Å². The fourth-order valence-electron chi connectivity index (χ4n) is 7.11. The topological polar surface area (TPSA) is 49.4 Å². The number of hydrogen-bond donors (Lipinski definition) is 1. The van der Waals surface area contributed by atoms with Crippen LogP contribution in [0.2, 0.25) is 0 Å². The summed E-state index contributed by atoms with van der Waals surface area (Å²) < 4.78 is 0. The van der Waals surface area contributed by atoms with Gasteiger partial charge in [0.2, 0.25) is 11.8 Å². The summed E-state index contributed by atoms with van der Waals surface area (Å²) in [5.41, 5.74) is 3.43. The summed E-state index contributed by atoms with van der Waals surface area (Å²) in [6.45, 7) is 5.80. The zero-order valence-corrected chi connectivity index (χ0v) is 21.3. The van der Waals surface area contributed by atoms with Gasteiger partial charge < -0.3 is 10.2 Å². The Balaban J connectivity index is 1.37. The zero-order chi connectivity index (χ0) is 24.4. The molecule has 2 aliphatic carbocycles. The van der Waals surface area contributed by atoms with Crippen molar-refractivity contribution in [3.05, 3.63) is 71.3 Å². The maximum absolute atomic E-state index is 14.0. The van der Waals surface area contributed by atoms with Gasteiger partial charge in [-0.15, -0.1) is 0 Å². The quantitative estimate of drug-likeness (QED) is 0.603. The summed E-state index contributed by atoms with van der Waals surface area (Å²) in [7, 11) is 0. The highest BCUT2D eigenvalue weighted by Gasteiger charge is 2.54. The van der Waals surface area contributed by atoms with Gasteiger partial charge in [0.1, 0.15) is 5.54 Å². The van der Waals surface area contributed by atoms with Crippen LogP contribution in [-0.4, -0.2) is 35.3 Å². The van der Waals surface area contributed by atoms with E-state index in [2.05, 4.69) is 55.6 Å². The molecule has 1 saturated heterocycles. The van der Waals surface area contributed by atoms with E-state index in [1.54, 1.807) is 0 Å². The molecule has 5 rings (SSSR count). The standard InChI is InChI=1S/C31H40N2O2/c1-22(2)16-24-17-29(34)33(21-24)31(30(35)32-15-13-23-8-4-3-5-9-23)14-12-27-18-25-10-6-7-11-26(25)19-28(27)20-31/h3-11,22,24,27-28H,12-21H2,1-2H3,(H,32,35)/t24-,27-,28+,31-/m1/s1. The second-order valence-corrected chi connectivity index (χ2v) is 11.7. The van der Waals surface area contributed by atoms with E-state index in [0.29, 0.717) is 36.6 Å². The molecule has 0 spiro atoms. The Morgan fingerprint density at radius 1 is 1.00 bits per heavy atom. The minimum Gasteiger partial charge on any atom is -0.354 e. The molecule has 0 radical (unpaired) electrons. The smallest absolute Gasteiger partial charge is 0.246 e. The molecule has 2 fully saturated rings. The maximum atomic E-state index is 14.0. The summed E-state index contributed by atoms with van der Waals surface area (Å²) in [4.78, 5) is 29.4. The molecule has 1 saturated carbocycles. The predicted molar refractivity (Wildman–Crippen MR) is 140 cm³/mol. The summed E-state index contributed by atoms with van der Waals surface area (Å²) >= 11 is 0. The Morgan fingerprint density at radius 3 is 2.40 bits per heavy atom. The van der Waals surface area contributed by atoms with Crippen molar-refractivity contribution in [2.24, 2.45) is 23.7 Å². The van der Waals surface area contributed by atoms with E-state index in [-0.39, 0.29) is 11.8 Å². The Kier molecular flexibility index (Phi) is 7.00. The Bertz CT molecular complexity index is 1050. The number of fused-ring (bicyclic) bond motifs is 2. The minimum atomic E-state index is -0.701. The van der Waals surface area contributed by atoms with Crippen molar-refractivity contribution in [1.82, 2.24) is 10.2 Å². The first-order valence-corrected chi connectivity index (χ1v) is 13.6. The molecule has 2 aromatic rings. The van der Waals surface area contributed by atoms with Gasteiger partial charge in [0, 0.05) is 19.5 Å². The summed E-state index contributed by atoms with van der Waals surface area (Å²) in [6.07, 6.45) is 7.18. The highest BCUT2D eigenvalue weighted by atomic mass is 16.2. The highest BCUT2D eigenvalue weighted by molar-refractivity contribution is 5.92. The van der Waals surface area contributed by atoms with E-state index in [1.807, 2.05) is 23.1 Å². The van der Waals surface area contributed by atoms with E-state index >= 15 is 0 Å². The highest BCUT2D eigenvalue weighted by Crippen LogP contribution is 2.47. The normalized spacial score (nSPS) is 28.0. The monoisotopic (exact) mass is 472 g/mol. The second-order valence-electron chi connectivity index (χ2n) is 11.7. The van der Waals surface area contributed by atoms with E-state index < -0.39 is 5.54 Å². The van der Waals surface area contributed by atoms with Crippen molar-refractivity contribution in [2.75, 3.05) is 13.1 Å². The molecule has 1 N–H and O–H groups in total. The number of nitrogens with one attached hydrogen (secondary N) is 1. The average Bonchev–Trinajstić information content (AvgIpc) is 3.22. The number of hydrogen-bond acceptors (Lipinski definition) is 2. The lowest BCUT2D eigenvalue weighted by molar-refractivity contribution is -0.149. The molecule has 1 heterocycles. The van der Waals surface area contributed by atoms with E-state index in [4.69, 9.17) is 0 Å². The minimum absolute atomic E-state index is 0.0734. The van der Waals surface area contributed by atoms with Crippen LogP contribution < -0.4 is 5.32 Å². The summed E-state index contributed by atoms with van der Waals surface area (Å²) in [5.74, 6) is 2.25. The van der Waals surface area contributed by atoms with Crippen LogP contribution in [-0.2, 0) is 28.9 Å². The van der Waals surface area contributed by atoms with Crippen LogP contribution in [0.1, 0.15) is 62.6 Å². The van der Waals surface area contributed by atoms with Crippen LogP contribution in [0.25, 0.3) is 0 Å². The first-order valence-electron chi connectivity index (χ1n) is 13.6. The largest absolute Gasteiger partial charge is 0.354 e. The molecule has 2 amide bonds. The molecule has 0 bridgehead atoms. The maximum Gasteiger partial charge on any atom is 0.246 e. The van der Waals surface area contributed by atoms with E-state index in [0.717, 1.165) is 51.5 Å². The van der Waals surface area contributed by atoms with Crippen LogP contribution in [0.4, 0.5) is 0 Å². The molecule has 3 aliphatic rings. The SMILES string of the molecule is CC(C)C[C@@H]1CC(=O)N([C@]2(C(=O)NCCc3ccccc3)CC[C@@H]3Cc4ccccc4C[C@H]3C2)C1. The Morgan fingerprint density at radius 2 is 1.69 bits per heavy atom. The fraction of sp³-hybridized carbons (Fsp3) is 0.548. The van der Waals surface area contributed by atoms with Gasteiger partial charge in [-0.2, -0.15) is 0 Å². The van der Waals surface area contributed by atoms with E-state index in [9.17, 15) is 9.59 Å². The number of likely N-dealkylation sites (tertiary alicyclic amines) is 1. The number of rotatable bonds is 7.